The van der Waals surface area contributed by atoms with Gasteiger partial charge in [0.1, 0.15) is 18.0 Å². The van der Waals surface area contributed by atoms with Crippen molar-refractivity contribution in [3.63, 3.8) is 0 Å². The Morgan fingerprint density at radius 3 is 2.88 bits per heavy atom. The molecule has 0 aliphatic rings. The molecule has 0 bridgehead atoms. The van der Waals surface area contributed by atoms with E-state index in [0.29, 0.717) is 6.54 Å². The van der Waals surface area contributed by atoms with Crippen LogP contribution < -0.4 is 5.32 Å². The van der Waals surface area contributed by atoms with Crippen molar-refractivity contribution in [3.05, 3.63) is 35.6 Å². The van der Waals surface area contributed by atoms with E-state index in [2.05, 4.69) is 5.32 Å². The molecular weight excluding hydrogens is 206 g/mol. The summed E-state index contributed by atoms with van der Waals surface area (Å²) < 4.78 is 5.60. The molecule has 4 nitrogen and oxygen atoms in total. The second kappa shape index (κ2) is 4.37. The number of hydrogen-bond acceptors (Lipinski definition) is 3. The number of carbonyl (C=O) groups is 1. The summed E-state index contributed by atoms with van der Waals surface area (Å²) in [6, 6.07) is 7.72. The second-order valence-electron chi connectivity index (χ2n) is 3.58. The average molecular weight is 219 g/mol. The van der Waals surface area contributed by atoms with Gasteiger partial charge in [-0.2, -0.15) is 0 Å². The minimum Gasteiger partial charge on any atom is -0.459 e. The van der Waals surface area contributed by atoms with Gasteiger partial charge >= 0.3 is 0 Å². The molecule has 1 amide bonds. The van der Waals surface area contributed by atoms with Gasteiger partial charge in [-0.15, -0.1) is 0 Å². The van der Waals surface area contributed by atoms with Crippen LogP contribution in [0.3, 0.4) is 0 Å². The van der Waals surface area contributed by atoms with Crippen LogP contribution in [0.25, 0.3) is 11.0 Å². The number of aliphatic hydroxyl groups is 1. The van der Waals surface area contributed by atoms with Crippen molar-refractivity contribution in [1.29, 1.82) is 0 Å². The van der Waals surface area contributed by atoms with E-state index in [-0.39, 0.29) is 0 Å². The molecule has 1 heterocycles. The lowest BCUT2D eigenvalue weighted by molar-refractivity contribution is -0.124. The highest BCUT2D eigenvalue weighted by molar-refractivity contribution is 5.82. The summed E-state index contributed by atoms with van der Waals surface area (Å²) in [5, 5.41) is 12.2. The number of fused-ring (bicyclic) bond motifs is 1. The van der Waals surface area contributed by atoms with Gasteiger partial charge in [-0.25, -0.2) is 0 Å². The molecule has 2 aromatic rings. The third kappa shape index (κ3) is 1.92. The first-order chi connectivity index (χ1) is 7.72. The first-order valence-corrected chi connectivity index (χ1v) is 5.07. The highest BCUT2D eigenvalue weighted by atomic mass is 16.3. The highest BCUT2D eigenvalue weighted by Crippen LogP contribution is 2.24. The zero-order chi connectivity index (χ0) is 11.5. The van der Waals surface area contributed by atoms with E-state index >= 15 is 0 Å². The molecule has 1 aromatic heterocycles. The summed E-state index contributed by atoms with van der Waals surface area (Å²) in [5.74, 6) is 0.322. The monoisotopic (exact) mass is 219 g/mol. The Labute approximate surface area is 92.9 Å². The molecule has 2 rings (SSSR count). The van der Waals surface area contributed by atoms with E-state index in [1.165, 1.54) is 0 Å². The van der Waals surface area contributed by atoms with E-state index in [9.17, 15) is 4.79 Å². The fourth-order valence-corrected chi connectivity index (χ4v) is 1.63. The van der Waals surface area contributed by atoms with Gasteiger partial charge < -0.3 is 14.8 Å². The van der Waals surface area contributed by atoms with Crippen molar-refractivity contribution < 1.29 is 14.3 Å². The summed E-state index contributed by atoms with van der Waals surface area (Å²) in [5.41, 5.74) is 1.84. The van der Waals surface area contributed by atoms with Gasteiger partial charge in [0.05, 0.1) is 6.54 Å². The van der Waals surface area contributed by atoms with Crippen LogP contribution in [0.15, 0.2) is 28.7 Å². The standard InChI is InChI=1S/C12H13NO3/c1-8-9-4-2-3-5-10(9)16-11(8)6-13-12(15)7-14/h2-5,14H,6-7H2,1H3,(H,13,15). The van der Waals surface area contributed by atoms with Crippen LogP contribution >= 0.6 is 0 Å². The lowest BCUT2D eigenvalue weighted by Gasteiger charge is -2.00. The van der Waals surface area contributed by atoms with Crippen molar-refractivity contribution in [2.24, 2.45) is 0 Å². The number of para-hydroxylation sites is 1. The maximum Gasteiger partial charge on any atom is 0.246 e. The number of nitrogens with one attached hydrogen (secondary N) is 1. The van der Waals surface area contributed by atoms with E-state index in [4.69, 9.17) is 9.52 Å². The van der Waals surface area contributed by atoms with E-state index in [1.807, 2.05) is 31.2 Å². The van der Waals surface area contributed by atoms with E-state index in [0.717, 1.165) is 22.3 Å². The van der Waals surface area contributed by atoms with Gasteiger partial charge in [0.25, 0.3) is 0 Å². The minimum atomic E-state index is -0.501. The molecule has 0 unspecified atom stereocenters. The number of rotatable bonds is 3. The molecule has 0 saturated heterocycles. The molecule has 0 aliphatic carbocycles. The molecule has 1 aromatic carbocycles. The SMILES string of the molecule is Cc1c(CNC(=O)CO)oc2ccccc12. The summed E-state index contributed by atoms with van der Waals surface area (Å²) in [4.78, 5) is 10.9. The smallest absolute Gasteiger partial charge is 0.246 e. The summed E-state index contributed by atoms with van der Waals surface area (Å²) in [6.45, 7) is 1.76. The normalized spacial score (nSPS) is 10.6. The lowest BCUT2D eigenvalue weighted by atomic mass is 10.1. The molecule has 16 heavy (non-hydrogen) atoms. The van der Waals surface area contributed by atoms with Crippen LogP contribution in [0.5, 0.6) is 0 Å². The number of carbonyl (C=O) groups excluding carboxylic acids is 1. The molecule has 0 fully saturated rings. The quantitative estimate of drug-likeness (QED) is 0.819. The molecule has 0 saturated carbocycles. The van der Waals surface area contributed by atoms with Gasteiger partial charge in [0.15, 0.2) is 0 Å². The fourth-order valence-electron chi connectivity index (χ4n) is 1.63. The maximum atomic E-state index is 10.9. The number of hydrogen-bond donors (Lipinski definition) is 2. The zero-order valence-corrected chi connectivity index (χ0v) is 8.99. The predicted octanol–water partition coefficient (Wildman–Crippen LogP) is 1.35. The second-order valence-corrected chi connectivity index (χ2v) is 3.58. The number of amides is 1. The van der Waals surface area contributed by atoms with Crippen LogP contribution in [0.2, 0.25) is 0 Å². The zero-order valence-electron chi connectivity index (χ0n) is 8.99. The molecule has 0 atom stereocenters. The van der Waals surface area contributed by atoms with Crippen molar-refractivity contribution in [2.75, 3.05) is 6.61 Å². The highest BCUT2D eigenvalue weighted by Gasteiger charge is 2.10. The number of benzene rings is 1. The first kappa shape index (κ1) is 10.7. The number of aliphatic hydroxyl groups excluding tert-OH is 1. The lowest BCUT2D eigenvalue weighted by Crippen LogP contribution is -2.25. The molecular formula is C12H13NO3. The van der Waals surface area contributed by atoms with Gasteiger partial charge in [0, 0.05) is 10.9 Å². The van der Waals surface area contributed by atoms with Crippen LogP contribution in [0.4, 0.5) is 0 Å². The van der Waals surface area contributed by atoms with Crippen LogP contribution in [-0.2, 0) is 11.3 Å². The first-order valence-electron chi connectivity index (χ1n) is 5.07. The Morgan fingerprint density at radius 1 is 1.44 bits per heavy atom. The Bertz CT molecular complexity index is 516. The van der Waals surface area contributed by atoms with Gasteiger partial charge in [-0.1, -0.05) is 18.2 Å². The van der Waals surface area contributed by atoms with Crippen LogP contribution in [-0.4, -0.2) is 17.6 Å². The summed E-state index contributed by atoms with van der Waals surface area (Å²) >= 11 is 0. The Balaban J connectivity index is 2.24. The molecule has 4 heteroatoms. The van der Waals surface area contributed by atoms with Crippen molar-refractivity contribution in [3.8, 4) is 0 Å². The molecule has 0 aliphatic heterocycles. The average Bonchev–Trinajstić information content (AvgIpc) is 2.64. The topological polar surface area (TPSA) is 62.5 Å². The minimum absolute atomic E-state index is 0.305. The predicted molar refractivity (Wildman–Crippen MR) is 59.9 cm³/mol. The Morgan fingerprint density at radius 2 is 2.19 bits per heavy atom. The number of furan rings is 1. The largest absolute Gasteiger partial charge is 0.459 e. The van der Waals surface area contributed by atoms with Crippen LogP contribution in [0.1, 0.15) is 11.3 Å². The van der Waals surface area contributed by atoms with Crippen molar-refractivity contribution >= 4 is 16.9 Å². The molecule has 0 radical (unpaired) electrons. The Kier molecular flexibility index (Phi) is 2.92. The van der Waals surface area contributed by atoms with Crippen LogP contribution in [0, 0.1) is 6.92 Å². The van der Waals surface area contributed by atoms with Gasteiger partial charge in [0.2, 0.25) is 5.91 Å². The fraction of sp³-hybridized carbons (Fsp3) is 0.250. The summed E-state index contributed by atoms with van der Waals surface area (Å²) in [7, 11) is 0. The third-order valence-electron chi connectivity index (χ3n) is 2.53. The third-order valence-corrected chi connectivity index (χ3v) is 2.53. The maximum absolute atomic E-state index is 10.9. The number of aryl methyl sites for hydroxylation is 1. The van der Waals surface area contributed by atoms with Gasteiger partial charge in [-0.05, 0) is 13.0 Å². The Hall–Kier alpha value is -1.81. The molecule has 2 N–H and O–H groups in total. The molecule has 0 spiro atoms. The van der Waals surface area contributed by atoms with E-state index < -0.39 is 12.5 Å². The summed E-state index contributed by atoms with van der Waals surface area (Å²) in [6.07, 6.45) is 0. The van der Waals surface area contributed by atoms with Crippen molar-refractivity contribution in [2.45, 2.75) is 13.5 Å². The molecule has 84 valence electrons. The van der Waals surface area contributed by atoms with Crippen molar-refractivity contribution in [1.82, 2.24) is 5.32 Å². The van der Waals surface area contributed by atoms with E-state index in [1.54, 1.807) is 0 Å². The van der Waals surface area contributed by atoms with Gasteiger partial charge in [-0.3, -0.25) is 4.79 Å².